The van der Waals surface area contributed by atoms with Gasteiger partial charge in [-0.15, -0.1) is 11.3 Å². The zero-order valence-corrected chi connectivity index (χ0v) is 19.4. The average molecular weight is 471 g/mol. The van der Waals surface area contributed by atoms with Crippen LogP contribution in [-0.4, -0.2) is 31.1 Å². The fraction of sp³-hybridized carbons (Fsp3) is 0.300. The van der Waals surface area contributed by atoms with E-state index in [0.29, 0.717) is 5.69 Å². The zero-order chi connectivity index (χ0) is 22.5. The summed E-state index contributed by atoms with van der Waals surface area (Å²) in [5.74, 6) is -0.491. The number of thiophene rings is 1. The number of aryl methyl sites for hydroxylation is 3. The fourth-order valence-corrected chi connectivity index (χ4v) is 5.27. The van der Waals surface area contributed by atoms with Crippen LogP contribution in [0.15, 0.2) is 39.1 Å². The first-order chi connectivity index (χ1) is 14.1. The molecule has 0 aliphatic carbocycles. The quantitative estimate of drug-likeness (QED) is 0.512. The number of benzene rings is 1. The third-order valence-corrected chi connectivity index (χ3v) is 7.23. The summed E-state index contributed by atoms with van der Waals surface area (Å²) in [4.78, 5) is 11.4. The second kappa shape index (κ2) is 10.2. The highest BCUT2D eigenvalue weighted by Crippen LogP contribution is 2.29. The lowest BCUT2D eigenvalue weighted by atomic mass is 10.0. The molecule has 0 amide bonds. The number of carbonyl (C=O) groups is 1. The second-order valence-electron chi connectivity index (χ2n) is 6.53. The van der Waals surface area contributed by atoms with Crippen molar-refractivity contribution in [2.24, 2.45) is 0 Å². The van der Waals surface area contributed by atoms with Gasteiger partial charge in [-0.05, 0) is 62.3 Å². The van der Waals surface area contributed by atoms with Crippen molar-refractivity contribution < 1.29 is 22.8 Å². The van der Waals surface area contributed by atoms with E-state index in [1.807, 2.05) is 6.07 Å². The van der Waals surface area contributed by atoms with Gasteiger partial charge in [-0.3, -0.25) is 4.79 Å². The van der Waals surface area contributed by atoms with E-state index in [1.54, 1.807) is 6.92 Å². The topological polar surface area (TPSA) is 110 Å². The first-order valence-electron chi connectivity index (χ1n) is 8.97. The lowest BCUT2D eigenvalue weighted by molar-refractivity contribution is 0.101. The van der Waals surface area contributed by atoms with E-state index >= 15 is 0 Å². The van der Waals surface area contributed by atoms with Crippen LogP contribution in [0.5, 0.6) is 0 Å². The maximum atomic E-state index is 12.1. The normalized spacial score (nSPS) is 11.0. The van der Waals surface area contributed by atoms with Crippen molar-refractivity contribution in [3.8, 4) is 0 Å². The molecule has 30 heavy (non-hydrogen) atoms. The Labute approximate surface area is 184 Å². The van der Waals surface area contributed by atoms with Gasteiger partial charge in [-0.1, -0.05) is 35.0 Å². The van der Waals surface area contributed by atoms with Gasteiger partial charge in [0.1, 0.15) is 15.6 Å². The summed E-state index contributed by atoms with van der Waals surface area (Å²) in [6.07, 6.45) is 0.776. The van der Waals surface area contributed by atoms with Crippen molar-refractivity contribution >= 4 is 44.6 Å². The Kier molecular flexibility index (Phi) is 8.19. The lowest BCUT2D eigenvalue weighted by Crippen LogP contribution is -2.14. The molecule has 0 aliphatic rings. The number of Topliss-reactive ketones (excluding diaryl/α,β-unsaturated/α-hetero) is 1. The Bertz CT molecular complexity index is 1120. The molecule has 0 unspecified atom stereocenters. The Morgan fingerprint density at radius 2 is 1.87 bits per heavy atom. The minimum absolute atomic E-state index is 0.0863. The molecule has 162 valence electrons. The predicted octanol–water partition coefficient (Wildman–Crippen LogP) is 4.54. The van der Waals surface area contributed by atoms with Crippen molar-refractivity contribution in [2.45, 2.75) is 39.0 Å². The van der Waals surface area contributed by atoms with Crippen LogP contribution < -0.4 is 4.72 Å². The largest absolute Gasteiger partial charge is 0.396 e. The molecule has 0 radical (unpaired) electrons. The van der Waals surface area contributed by atoms with Crippen molar-refractivity contribution in [1.29, 1.82) is 0 Å². The summed E-state index contributed by atoms with van der Waals surface area (Å²) >= 11 is 6.89. The second-order valence-corrected chi connectivity index (χ2v) is 9.48. The molecule has 7 nitrogen and oxygen atoms in total. The molecule has 1 aromatic carbocycles. The number of aromatic nitrogens is 1. The summed E-state index contributed by atoms with van der Waals surface area (Å²) in [7, 11) is -3.93. The number of aliphatic hydroxyl groups excluding tert-OH is 1. The van der Waals surface area contributed by atoms with Crippen LogP contribution >= 0.6 is 22.9 Å². The van der Waals surface area contributed by atoms with Crippen molar-refractivity contribution in [1.82, 2.24) is 5.16 Å². The molecule has 10 heteroatoms. The standard InChI is InChI=1S/C10H9ClN2O4S2.C10H14O/c1-5-8(11)10(17-12-5)13-19(15,16)7-3-4-18-9(7)6(2)14;1-8-4-3-5-9(2)10(8)6-7-11/h3-4,13H,1-2H3;3-5,11H,6-7H2,1-2H3. The van der Waals surface area contributed by atoms with Crippen molar-refractivity contribution in [3.05, 3.63) is 61.9 Å². The van der Waals surface area contributed by atoms with E-state index in [0.717, 1.165) is 17.8 Å². The van der Waals surface area contributed by atoms with Gasteiger partial charge in [-0.2, -0.15) is 0 Å². The van der Waals surface area contributed by atoms with E-state index in [4.69, 9.17) is 21.2 Å². The number of ketones is 1. The highest BCUT2D eigenvalue weighted by atomic mass is 35.5. The minimum atomic E-state index is -3.93. The number of halogens is 1. The van der Waals surface area contributed by atoms with Gasteiger partial charge in [0.05, 0.1) is 4.88 Å². The monoisotopic (exact) mass is 470 g/mol. The van der Waals surface area contributed by atoms with Gasteiger partial charge in [0.15, 0.2) is 5.78 Å². The number of nitrogens with zero attached hydrogens (tertiary/aromatic N) is 1. The molecular weight excluding hydrogens is 448 g/mol. The zero-order valence-electron chi connectivity index (χ0n) is 17.0. The van der Waals surface area contributed by atoms with E-state index < -0.39 is 10.0 Å². The van der Waals surface area contributed by atoms with Crippen LogP contribution in [0.1, 0.15) is 39.0 Å². The highest BCUT2D eigenvalue weighted by Gasteiger charge is 2.25. The summed E-state index contributed by atoms with van der Waals surface area (Å²) in [6.45, 7) is 7.29. The number of sulfonamides is 1. The van der Waals surface area contributed by atoms with E-state index in [1.165, 1.54) is 35.1 Å². The first-order valence-corrected chi connectivity index (χ1v) is 11.7. The Morgan fingerprint density at radius 1 is 1.23 bits per heavy atom. The van der Waals surface area contributed by atoms with Crippen molar-refractivity contribution in [2.75, 3.05) is 11.3 Å². The van der Waals surface area contributed by atoms with E-state index in [2.05, 4.69) is 35.9 Å². The molecule has 0 atom stereocenters. The van der Waals surface area contributed by atoms with Gasteiger partial charge >= 0.3 is 0 Å². The molecule has 2 aromatic heterocycles. The van der Waals surface area contributed by atoms with Gasteiger partial charge in [-0.25, -0.2) is 13.1 Å². The average Bonchev–Trinajstić information content (AvgIpc) is 3.29. The predicted molar refractivity (Wildman–Crippen MR) is 118 cm³/mol. The molecular formula is C20H23ClN2O5S2. The number of carbonyl (C=O) groups excluding carboxylic acids is 1. The highest BCUT2D eigenvalue weighted by molar-refractivity contribution is 7.93. The number of hydrogen-bond acceptors (Lipinski definition) is 7. The van der Waals surface area contributed by atoms with Gasteiger partial charge in [0.25, 0.3) is 15.9 Å². The van der Waals surface area contributed by atoms with Crippen LogP contribution in [0.4, 0.5) is 5.88 Å². The summed E-state index contributed by atoms with van der Waals surface area (Å²) in [6, 6.07) is 7.56. The number of nitrogens with one attached hydrogen (secondary N) is 1. The number of aliphatic hydroxyl groups is 1. The molecule has 0 spiro atoms. The van der Waals surface area contributed by atoms with Crippen LogP contribution in [0.2, 0.25) is 5.02 Å². The smallest absolute Gasteiger partial charge is 0.265 e. The molecule has 0 saturated heterocycles. The molecule has 0 fully saturated rings. The summed E-state index contributed by atoms with van der Waals surface area (Å²) in [5, 5.41) is 13.9. The van der Waals surface area contributed by atoms with Crippen LogP contribution in [0.25, 0.3) is 0 Å². The third-order valence-electron chi connectivity index (χ3n) is 4.26. The molecule has 2 heterocycles. The summed E-state index contributed by atoms with van der Waals surface area (Å²) < 4.78 is 31.2. The third kappa shape index (κ3) is 5.69. The summed E-state index contributed by atoms with van der Waals surface area (Å²) in [5.41, 5.74) is 4.21. The van der Waals surface area contributed by atoms with E-state index in [9.17, 15) is 13.2 Å². The Hall–Kier alpha value is -2.20. The lowest BCUT2D eigenvalue weighted by Gasteiger charge is -2.06. The Balaban J connectivity index is 0.000000248. The van der Waals surface area contributed by atoms with Gasteiger partial charge in [0, 0.05) is 6.61 Å². The fourth-order valence-electron chi connectivity index (χ4n) is 2.72. The van der Waals surface area contributed by atoms with Crippen LogP contribution in [-0.2, 0) is 16.4 Å². The number of rotatable bonds is 6. The number of hydrogen-bond donors (Lipinski definition) is 2. The van der Waals surface area contributed by atoms with Crippen molar-refractivity contribution in [3.63, 3.8) is 0 Å². The molecule has 0 saturated carbocycles. The molecule has 2 N–H and O–H groups in total. The van der Waals surface area contributed by atoms with Crippen LogP contribution in [0, 0.1) is 20.8 Å². The van der Waals surface area contributed by atoms with E-state index in [-0.39, 0.29) is 33.1 Å². The van der Waals surface area contributed by atoms with Gasteiger partial charge < -0.3 is 9.63 Å². The SMILES string of the molecule is CC(=O)c1sccc1S(=O)(=O)Nc1onc(C)c1Cl.Cc1cccc(C)c1CCO. The number of anilines is 1. The molecule has 3 rings (SSSR count). The minimum Gasteiger partial charge on any atom is -0.396 e. The van der Waals surface area contributed by atoms with Gasteiger partial charge in [0.2, 0.25) is 0 Å². The maximum Gasteiger partial charge on any atom is 0.265 e. The maximum absolute atomic E-state index is 12.1. The molecule has 0 aliphatic heterocycles. The molecule has 0 bridgehead atoms. The Morgan fingerprint density at radius 3 is 2.37 bits per heavy atom. The molecule has 3 aromatic rings. The van der Waals surface area contributed by atoms with Crippen LogP contribution in [0.3, 0.4) is 0 Å². The first kappa shape index (κ1) is 24.1.